The third kappa shape index (κ3) is 7.51. The highest BCUT2D eigenvalue weighted by molar-refractivity contribution is 5.81. The number of ether oxygens (including phenoxy) is 2. The minimum absolute atomic E-state index is 0.0899. The van der Waals surface area contributed by atoms with Gasteiger partial charge in [0.1, 0.15) is 0 Å². The summed E-state index contributed by atoms with van der Waals surface area (Å²) >= 11 is 0. The van der Waals surface area contributed by atoms with Gasteiger partial charge in [0.15, 0.2) is 0 Å². The van der Waals surface area contributed by atoms with E-state index < -0.39 is 0 Å². The highest BCUT2D eigenvalue weighted by atomic mass is 16.5. The van der Waals surface area contributed by atoms with Crippen molar-refractivity contribution in [1.29, 1.82) is 0 Å². The van der Waals surface area contributed by atoms with Crippen LogP contribution in [0.5, 0.6) is 0 Å². The molecule has 8 heteroatoms. The number of morpholine rings is 1. The number of nitrogens with zero attached hydrogens (tertiary/aromatic N) is 4. The van der Waals surface area contributed by atoms with Crippen LogP contribution in [0, 0.1) is 0 Å². The van der Waals surface area contributed by atoms with Crippen molar-refractivity contribution in [3.05, 3.63) is 0 Å². The van der Waals surface area contributed by atoms with Crippen LogP contribution < -0.4 is 0 Å². The number of piperidine rings is 1. The summed E-state index contributed by atoms with van der Waals surface area (Å²) in [6, 6.07) is 0.601. The van der Waals surface area contributed by atoms with E-state index in [2.05, 4.69) is 21.7 Å². The van der Waals surface area contributed by atoms with Gasteiger partial charge in [-0.3, -0.25) is 19.4 Å². The number of hydrogen-bond donors (Lipinski definition) is 0. The summed E-state index contributed by atoms with van der Waals surface area (Å²) in [5.41, 5.74) is 0. The Hall–Kier alpha value is -1.22. The monoisotopic (exact) mass is 410 g/mol. The number of carbonyl (C=O) groups excluding carboxylic acids is 2. The number of rotatable bonds is 8. The molecule has 3 heterocycles. The molecule has 0 aromatic rings. The molecule has 0 aromatic carbocycles. The van der Waals surface area contributed by atoms with Gasteiger partial charge in [-0.15, -0.1) is 0 Å². The second-order valence-corrected chi connectivity index (χ2v) is 8.48. The van der Waals surface area contributed by atoms with Crippen LogP contribution in [-0.2, 0) is 19.1 Å². The van der Waals surface area contributed by atoms with Gasteiger partial charge >= 0.3 is 5.97 Å². The second-order valence-electron chi connectivity index (χ2n) is 8.48. The van der Waals surface area contributed by atoms with Gasteiger partial charge in [-0.1, -0.05) is 0 Å². The Bertz CT molecular complexity index is 511. The van der Waals surface area contributed by atoms with E-state index >= 15 is 0 Å². The standard InChI is InChI=1S/C21H38N4O4/c1-22-10-12-24(13-11-22)19-5-8-25(9-6-19)20(26)3-4-21(27)29-16-2-7-23-14-17-28-18-15-23/h19H,2-18H2,1H3. The van der Waals surface area contributed by atoms with Crippen molar-refractivity contribution in [2.24, 2.45) is 0 Å². The van der Waals surface area contributed by atoms with E-state index in [1.165, 1.54) is 0 Å². The highest BCUT2D eigenvalue weighted by Crippen LogP contribution is 2.19. The molecule has 3 rings (SSSR count). The lowest BCUT2D eigenvalue weighted by molar-refractivity contribution is -0.146. The summed E-state index contributed by atoms with van der Waals surface area (Å²) in [6.07, 6.45) is 3.37. The largest absolute Gasteiger partial charge is 0.466 e. The summed E-state index contributed by atoms with van der Waals surface area (Å²) in [5.74, 6) is -0.167. The normalized spacial score (nSPS) is 23.3. The number of likely N-dealkylation sites (N-methyl/N-ethyl adjacent to an activating group) is 1. The molecule has 0 aliphatic carbocycles. The van der Waals surface area contributed by atoms with E-state index in [4.69, 9.17) is 9.47 Å². The minimum atomic E-state index is -0.257. The average molecular weight is 411 g/mol. The Kier molecular flexibility index (Phi) is 9.17. The molecule has 29 heavy (non-hydrogen) atoms. The molecule has 3 aliphatic rings. The summed E-state index contributed by atoms with van der Waals surface area (Å²) in [5, 5.41) is 0. The first kappa shape index (κ1) is 22.5. The summed E-state index contributed by atoms with van der Waals surface area (Å²) in [6.45, 7) is 11.0. The van der Waals surface area contributed by atoms with Crippen LogP contribution in [-0.4, -0.2) is 123 Å². The Morgan fingerprint density at radius 3 is 2.31 bits per heavy atom. The SMILES string of the molecule is CN1CCN(C2CCN(C(=O)CCC(=O)OCCCN3CCOCC3)CC2)CC1. The Labute approximate surface area is 175 Å². The molecule has 0 saturated carbocycles. The first-order valence-electron chi connectivity index (χ1n) is 11.3. The van der Waals surface area contributed by atoms with Gasteiger partial charge in [-0.2, -0.15) is 0 Å². The molecule has 0 unspecified atom stereocenters. The van der Waals surface area contributed by atoms with Crippen molar-refractivity contribution in [2.45, 2.75) is 38.1 Å². The number of esters is 1. The molecule has 0 atom stereocenters. The lowest BCUT2D eigenvalue weighted by Crippen LogP contribution is -2.53. The fraction of sp³-hybridized carbons (Fsp3) is 0.905. The number of carbonyl (C=O) groups is 2. The maximum atomic E-state index is 12.4. The van der Waals surface area contributed by atoms with E-state index in [-0.39, 0.29) is 24.7 Å². The molecular formula is C21H38N4O4. The number of hydrogen-bond acceptors (Lipinski definition) is 7. The zero-order chi connectivity index (χ0) is 20.5. The van der Waals surface area contributed by atoms with E-state index in [1.807, 2.05) is 4.90 Å². The van der Waals surface area contributed by atoms with Crippen LogP contribution >= 0.6 is 0 Å². The predicted octanol–water partition coefficient (Wildman–Crippen LogP) is 0.271. The van der Waals surface area contributed by atoms with E-state index in [0.29, 0.717) is 12.6 Å². The molecule has 1 amide bonds. The van der Waals surface area contributed by atoms with Crippen LogP contribution in [0.3, 0.4) is 0 Å². The molecule has 0 bridgehead atoms. The van der Waals surface area contributed by atoms with Crippen LogP contribution in [0.15, 0.2) is 0 Å². The average Bonchev–Trinajstić information content (AvgIpc) is 2.76. The summed E-state index contributed by atoms with van der Waals surface area (Å²) in [7, 11) is 2.17. The molecule has 3 saturated heterocycles. The highest BCUT2D eigenvalue weighted by Gasteiger charge is 2.28. The predicted molar refractivity (Wildman–Crippen MR) is 111 cm³/mol. The van der Waals surface area contributed by atoms with Crippen LogP contribution in [0.1, 0.15) is 32.1 Å². The summed E-state index contributed by atoms with van der Waals surface area (Å²) < 4.78 is 10.6. The van der Waals surface area contributed by atoms with Crippen molar-refractivity contribution < 1.29 is 19.1 Å². The fourth-order valence-electron chi connectivity index (χ4n) is 4.41. The number of piperazine rings is 1. The Morgan fingerprint density at radius 1 is 0.931 bits per heavy atom. The van der Waals surface area contributed by atoms with Gasteiger partial charge in [-0.05, 0) is 26.3 Å². The topological polar surface area (TPSA) is 65.6 Å². The van der Waals surface area contributed by atoms with Crippen LogP contribution in [0.25, 0.3) is 0 Å². The molecule has 3 fully saturated rings. The number of amides is 1. The Balaban J connectivity index is 1.23. The molecule has 8 nitrogen and oxygen atoms in total. The molecule has 166 valence electrons. The van der Waals surface area contributed by atoms with Gasteiger partial charge in [0.2, 0.25) is 5.91 Å². The Morgan fingerprint density at radius 2 is 1.62 bits per heavy atom. The minimum Gasteiger partial charge on any atom is -0.466 e. The first-order valence-corrected chi connectivity index (χ1v) is 11.3. The van der Waals surface area contributed by atoms with Crippen LogP contribution in [0.4, 0.5) is 0 Å². The second kappa shape index (κ2) is 11.8. The van der Waals surface area contributed by atoms with Gasteiger partial charge < -0.3 is 19.3 Å². The van der Waals surface area contributed by atoms with E-state index in [1.54, 1.807) is 0 Å². The molecule has 0 radical (unpaired) electrons. The van der Waals surface area contributed by atoms with Crippen molar-refractivity contribution in [3.63, 3.8) is 0 Å². The first-order chi connectivity index (χ1) is 14.1. The fourth-order valence-corrected chi connectivity index (χ4v) is 4.41. The van der Waals surface area contributed by atoms with Crippen molar-refractivity contribution >= 4 is 11.9 Å². The zero-order valence-corrected chi connectivity index (χ0v) is 18.0. The summed E-state index contributed by atoms with van der Waals surface area (Å²) in [4.78, 5) is 33.6. The zero-order valence-electron chi connectivity index (χ0n) is 18.0. The van der Waals surface area contributed by atoms with Crippen molar-refractivity contribution in [3.8, 4) is 0 Å². The van der Waals surface area contributed by atoms with Crippen molar-refractivity contribution in [1.82, 2.24) is 19.6 Å². The maximum Gasteiger partial charge on any atom is 0.306 e. The molecule has 3 aliphatic heterocycles. The van der Waals surface area contributed by atoms with Gasteiger partial charge in [0, 0.05) is 71.4 Å². The lowest BCUT2D eigenvalue weighted by Gasteiger charge is -2.42. The van der Waals surface area contributed by atoms with E-state index in [0.717, 1.165) is 91.4 Å². The van der Waals surface area contributed by atoms with Crippen molar-refractivity contribution in [2.75, 3.05) is 85.8 Å². The smallest absolute Gasteiger partial charge is 0.306 e. The number of likely N-dealkylation sites (tertiary alicyclic amines) is 1. The molecule has 0 spiro atoms. The third-order valence-electron chi connectivity index (χ3n) is 6.40. The lowest BCUT2D eigenvalue weighted by atomic mass is 10.0. The van der Waals surface area contributed by atoms with Crippen LogP contribution in [0.2, 0.25) is 0 Å². The van der Waals surface area contributed by atoms with E-state index in [9.17, 15) is 9.59 Å². The van der Waals surface area contributed by atoms with Gasteiger partial charge in [-0.25, -0.2) is 0 Å². The molecule has 0 aromatic heterocycles. The maximum absolute atomic E-state index is 12.4. The van der Waals surface area contributed by atoms with Gasteiger partial charge in [0.25, 0.3) is 0 Å². The van der Waals surface area contributed by atoms with Gasteiger partial charge in [0.05, 0.1) is 26.2 Å². The molecule has 0 N–H and O–H groups in total. The third-order valence-corrected chi connectivity index (χ3v) is 6.40. The molecular weight excluding hydrogens is 372 g/mol. The quantitative estimate of drug-likeness (QED) is 0.420.